The third-order valence-electron chi connectivity index (χ3n) is 10.1. The van der Waals surface area contributed by atoms with E-state index >= 15 is 0 Å². The van der Waals surface area contributed by atoms with Crippen LogP contribution >= 0.6 is 0 Å². The summed E-state index contributed by atoms with van der Waals surface area (Å²) in [5, 5.41) is 45.1. The van der Waals surface area contributed by atoms with Gasteiger partial charge in [-0.15, -0.1) is 0 Å². The molecule has 59 heavy (non-hydrogen) atoms. The highest BCUT2D eigenvalue weighted by molar-refractivity contribution is 5.95. The van der Waals surface area contributed by atoms with Crippen LogP contribution in [0.5, 0.6) is 0 Å². The molecule has 312 valence electrons. The Kier molecular flexibility index (Phi) is 16.0. The van der Waals surface area contributed by atoms with Crippen molar-refractivity contribution in [2.75, 3.05) is 88.8 Å². The van der Waals surface area contributed by atoms with Gasteiger partial charge in [0.1, 0.15) is 0 Å². The van der Waals surface area contributed by atoms with Crippen molar-refractivity contribution in [3.8, 4) is 11.8 Å². The Morgan fingerprint density at radius 2 is 1.20 bits per heavy atom. The van der Waals surface area contributed by atoms with E-state index < -0.39 is 29.9 Å². The molecule has 1 atom stereocenters. The molecule has 0 spiro atoms. The van der Waals surface area contributed by atoms with E-state index in [2.05, 4.69) is 29.1 Å². The van der Waals surface area contributed by atoms with Crippen LogP contribution in [0.25, 0.3) is 0 Å². The highest BCUT2D eigenvalue weighted by atomic mass is 16.4. The normalized spacial score (nSPS) is 16.9. The number of amides is 1. The van der Waals surface area contributed by atoms with Crippen LogP contribution in [0, 0.1) is 11.8 Å². The van der Waals surface area contributed by atoms with Gasteiger partial charge in [-0.2, -0.15) is 0 Å². The number of carboxylic acid groups (broad SMARTS) is 4. The van der Waals surface area contributed by atoms with E-state index in [9.17, 15) is 44.4 Å². The number of anilines is 2. The molecule has 0 bridgehead atoms. The first-order valence-electron chi connectivity index (χ1n) is 19.4. The maximum absolute atomic E-state index is 13.6. The first-order chi connectivity index (χ1) is 28.3. The molecule has 1 saturated heterocycles. The molecule has 0 aliphatic carbocycles. The number of rotatable bonds is 16. The third-order valence-corrected chi connectivity index (χ3v) is 10.1. The fraction of sp³-hybridized carbons (Fsp3) is 0.372. The minimum absolute atomic E-state index is 0.0710. The zero-order valence-corrected chi connectivity index (χ0v) is 32.9. The van der Waals surface area contributed by atoms with E-state index in [0.29, 0.717) is 31.0 Å². The second kappa shape index (κ2) is 21.5. The van der Waals surface area contributed by atoms with Gasteiger partial charge in [-0.1, -0.05) is 60.9 Å². The van der Waals surface area contributed by atoms with Crippen LogP contribution in [0.3, 0.4) is 0 Å². The number of carboxylic acids is 4. The summed E-state index contributed by atoms with van der Waals surface area (Å²) in [7, 11) is 0. The molecule has 3 aromatic rings. The van der Waals surface area contributed by atoms with Gasteiger partial charge in [-0.25, -0.2) is 0 Å². The van der Waals surface area contributed by atoms with Crippen LogP contribution in [-0.2, 0) is 36.9 Å². The summed E-state index contributed by atoms with van der Waals surface area (Å²) in [5.74, 6) is 2.57. The average molecular weight is 810 g/mol. The summed E-state index contributed by atoms with van der Waals surface area (Å²) >= 11 is 0. The summed E-state index contributed by atoms with van der Waals surface area (Å²) < 4.78 is 0. The van der Waals surface area contributed by atoms with Crippen molar-refractivity contribution in [2.45, 2.75) is 25.4 Å². The van der Waals surface area contributed by atoms with Gasteiger partial charge < -0.3 is 36.0 Å². The van der Waals surface area contributed by atoms with E-state index in [4.69, 9.17) is 0 Å². The summed E-state index contributed by atoms with van der Waals surface area (Å²) in [6.45, 7) is 4.95. The van der Waals surface area contributed by atoms with Gasteiger partial charge in [-0.3, -0.25) is 43.6 Å². The number of aliphatic carboxylic acids is 4. The first kappa shape index (κ1) is 43.9. The lowest BCUT2D eigenvalue weighted by Crippen LogP contribution is -2.53. The van der Waals surface area contributed by atoms with Crippen LogP contribution < -0.4 is 15.5 Å². The average Bonchev–Trinajstić information content (AvgIpc) is 3.17. The molecule has 3 aromatic carbocycles. The second-order valence-electron chi connectivity index (χ2n) is 14.6. The summed E-state index contributed by atoms with van der Waals surface area (Å²) in [6.07, 6.45) is 0.542. The van der Waals surface area contributed by atoms with E-state index in [0.717, 1.165) is 27.9 Å². The quantitative estimate of drug-likeness (QED) is 0.115. The Bertz CT molecular complexity index is 2050. The van der Waals surface area contributed by atoms with Crippen molar-refractivity contribution >= 4 is 41.2 Å². The lowest BCUT2D eigenvalue weighted by Gasteiger charge is -2.37. The van der Waals surface area contributed by atoms with Gasteiger partial charge in [-0.05, 0) is 47.9 Å². The number of fused-ring (bicyclic) bond motifs is 2. The fourth-order valence-electron chi connectivity index (χ4n) is 7.23. The second-order valence-corrected chi connectivity index (χ2v) is 14.6. The zero-order valence-electron chi connectivity index (χ0n) is 32.9. The Hall–Kier alpha value is -6.25. The molecule has 16 nitrogen and oxygen atoms in total. The van der Waals surface area contributed by atoms with Crippen LogP contribution in [0.4, 0.5) is 11.4 Å². The Morgan fingerprint density at radius 3 is 1.85 bits per heavy atom. The van der Waals surface area contributed by atoms with Gasteiger partial charge in [0.2, 0.25) is 5.91 Å². The first-order valence-corrected chi connectivity index (χ1v) is 19.4. The number of carbonyl (C=O) groups excluding carboxylic acids is 1. The molecule has 0 aromatic heterocycles. The highest BCUT2D eigenvalue weighted by Gasteiger charge is 2.28. The van der Waals surface area contributed by atoms with Gasteiger partial charge >= 0.3 is 23.9 Å². The number of benzene rings is 3. The summed E-state index contributed by atoms with van der Waals surface area (Å²) in [6, 6.07) is 22.3. The topological polar surface area (TPSA) is 207 Å². The molecule has 0 saturated carbocycles. The smallest absolute Gasteiger partial charge is 0.317 e. The number of carbonyl (C=O) groups is 5. The fourth-order valence-corrected chi connectivity index (χ4v) is 7.23. The van der Waals surface area contributed by atoms with Crippen molar-refractivity contribution in [1.82, 2.24) is 24.9 Å². The van der Waals surface area contributed by atoms with Crippen molar-refractivity contribution in [2.24, 2.45) is 0 Å². The van der Waals surface area contributed by atoms with Crippen LogP contribution in [0.2, 0.25) is 0 Å². The molecule has 2 aliphatic heterocycles. The molecule has 2 heterocycles. The van der Waals surface area contributed by atoms with Crippen LogP contribution in [0.15, 0.2) is 85.2 Å². The molecule has 5 rings (SSSR count). The van der Waals surface area contributed by atoms with Crippen molar-refractivity contribution < 1.29 is 44.4 Å². The van der Waals surface area contributed by atoms with E-state index in [1.54, 1.807) is 24.5 Å². The van der Waals surface area contributed by atoms with Crippen LogP contribution in [-0.4, -0.2) is 154 Å². The molecule has 16 heteroatoms. The predicted octanol–water partition coefficient (Wildman–Crippen LogP) is 1.97. The Balaban J connectivity index is 1.24. The summed E-state index contributed by atoms with van der Waals surface area (Å²) in [5.41, 5.74) is 4.95. The van der Waals surface area contributed by atoms with Crippen molar-refractivity contribution in [3.05, 3.63) is 107 Å². The van der Waals surface area contributed by atoms with E-state index in [1.807, 2.05) is 72.8 Å². The van der Waals surface area contributed by atoms with E-state index in [-0.39, 0.29) is 84.3 Å². The molecule has 2 aliphatic rings. The maximum Gasteiger partial charge on any atom is 0.317 e. The lowest BCUT2D eigenvalue weighted by atomic mass is 10.0. The minimum Gasteiger partial charge on any atom is -0.480 e. The monoisotopic (exact) mass is 809 g/mol. The lowest BCUT2D eigenvalue weighted by molar-refractivity contribution is -0.142. The van der Waals surface area contributed by atoms with Crippen LogP contribution in [0.1, 0.15) is 28.7 Å². The molecular formula is C43H51N7O9. The molecule has 1 amide bonds. The molecule has 0 radical (unpaired) electrons. The number of nitrogens with one attached hydrogen (secondary N) is 2. The predicted molar refractivity (Wildman–Crippen MR) is 221 cm³/mol. The molecular weight excluding hydrogens is 759 g/mol. The van der Waals surface area contributed by atoms with Gasteiger partial charge in [0, 0.05) is 81.6 Å². The largest absolute Gasteiger partial charge is 0.480 e. The Labute approximate surface area is 343 Å². The highest BCUT2D eigenvalue weighted by Crippen LogP contribution is 2.26. The summed E-state index contributed by atoms with van der Waals surface area (Å²) in [4.78, 5) is 69.4. The SMILES string of the molecule is C=C(NCCC(=O)N1Cc2ccccc2C#Cc2ccccc21)Nc1ccc(CC2CN(CC(=O)O)CCN(CC(=O)O)CCN(CC(=O)O)CCN2CC(=O)O)cc1. The number of nitrogens with zero attached hydrogens (tertiary/aromatic N) is 5. The van der Waals surface area contributed by atoms with E-state index in [1.165, 1.54) is 0 Å². The standard InChI is InChI=1S/C43H51N7O9/c1-31(44-17-16-39(51)50-25-35-8-3-2-6-33(35)12-13-34-7-4-5-9-38(34)50)45-36-14-10-32(11-15-36)24-37-26-48(29-42(56)57)21-20-46(27-40(52)53)18-19-47(28-41(54)55)22-23-49(37)30-43(58)59/h2-11,14-15,37,44-45H,1,16-30H2,(H,52,53)(H,54,55)(H,56,57)(H,58,59). The van der Waals surface area contributed by atoms with Crippen molar-refractivity contribution in [3.63, 3.8) is 0 Å². The molecule has 1 fully saturated rings. The van der Waals surface area contributed by atoms with Gasteiger partial charge in [0.15, 0.2) is 0 Å². The molecule has 6 N–H and O–H groups in total. The van der Waals surface area contributed by atoms with Gasteiger partial charge in [0.05, 0.1) is 44.2 Å². The number of para-hydroxylation sites is 1. The molecule has 1 unspecified atom stereocenters. The zero-order chi connectivity index (χ0) is 42.3. The number of hydrogen-bond donors (Lipinski definition) is 6. The third kappa shape index (κ3) is 14.0. The maximum atomic E-state index is 13.6. The minimum atomic E-state index is -1.08. The Morgan fingerprint density at radius 1 is 0.661 bits per heavy atom. The van der Waals surface area contributed by atoms with Gasteiger partial charge in [0.25, 0.3) is 0 Å². The number of hydrogen-bond acceptors (Lipinski definition) is 11. The van der Waals surface area contributed by atoms with Crippen molar-refractivity contribution in [1.29, 1.82) is 0 Å².